The third-order valence-electron chi connectivity index (χ3n) is 6.76. The highest BCUT2D eigenvalue weighted by atomic mass is 35.5. The third kappa shape index (κ3) is 6.99. The molecule has 2 heterocycles. The number of rotatable bonds is 9. The van der Waals surface area contributed by atoms with Gasteiger partial charge in [0.05, 0.1) is 5.56 Å². The van der Waals surface area contributed by atoms with Crippen LogP contribution >= 0.6 is 11.6 Å². The van der Waals surface area contributed by atoms with Gasteiger partial charge in [0.15, 0.2) is 0 Å². The van der Waals surface area contributed by atoms with E-state index in [2.05, 4.69) is 4.90 Å². The lowest BCUT2D eigenvalue weighted by Gasteiger charge is -2.26. The molecular weight excluding hydrogens is 540 g/mol. The van der Waals surface area contributed by atoms with Crippen molar-refractivity contribution in [2.24, 2.45) is 5.14 Å². The van der Waals surface area contributed by atoms with Gasteiger partial charge < -0.3 is 13.3 Å². The second-order valence-electron chi connectivity index (χ2n) is 9.56. The van der Waals surface area contributed by atoms with Crippen molar-refractivity contribution in [3.63, 3.8) is 0 Å². The van der Waals surface area contributed by atoms with E-state index in [1.807, 2.05) is 24.3 Å². The van der Waals surface area contributed by atoms with Crippen molar-refractivity contribution in [1.82, 2.24) is 4.90 Å². The number of ether oxygens (including phenoxy) is 1. The maximum atomic E-state index is 13.2. The molecule has 0 amide bonds. The molecule has 1 aromatic heterocycles. The zero-order chi connectivity index (χ0) is 27.4. The Morgan fingerprint density at radius 2 is 1.62 bits per heavy atom. The van der Waals surface area contributed by atoms with Gasteiger partial charge >= 0.3 is 15.9 Å². The van der Waals surface area contributed by atoms with Gasteiger partial charge in [-0.15, -0.1) is 0 Å². The van der Waals surface area contributed by atoms with Gasteiger partial charge in [-0.05, 0) is 85.4 Å². The van der Waals surface area contributed by atoms with E-state index in [-0.39, 0.29) is 11.3 Å². The molecule has 3 aromatic carbocycles. The van der Waals surface area contributed by atoms with E-state index < -0.39 is 15.9 Å². The summed E-state index contributed by atoms with van der Waals surface area (Å²) in [6.45, 7) is 3.81. The quantitative estimate of drug-likeness (QED) is 0.278. The average Bonchev–Trinajstić information content (AvgIpc) is 2.90. The normalized spacial score (nSPS) is 14.4. The lowest BCUT2D eigenvalue weighted by atomic mass is 9.93. The number of nitrogens with two attached hydrogens (primary N) is 1. The minimum Gasteiger partial charge on any atom is -0.492 e. The predicted octanol–water partition coefficient (Wildman–Crippen LogP) is 5.15. The van der Waals surface area contributed by atoms with Crippen molar-refractivity contribution in [2.45, 2.75) is 25.7 Å². The summed E-state index contributed by atoms with van der Waals surface area (Å²) in [4.78, 5) is 15.7. The van der Waals surface area contributed by atoms with Crippen molar-refractivity contribution in [3.8, 4) is 22.6 Å². The Morgan fingerprint density at radius 3 is 2.31 bits per heavy atom. The Morgan fingerprint density at radius 1 is 0.923 bits per heavy atom. The molecule has 1 fully saturated rings. The number of piperidine rings is 1. The number of nitrogens with zero attached hydrogens (tertiary/aromatic N) is 1. The van der Waals surface area contributed by atoms with Gasteiger partial charge in [0.1, 0.15) is 23.7 Å². The van der Waals surface area contributed by atoms with Crippen LogP contribution in [0.2, 0.25) is 5.02 Å². The van der Waals surface area contributed by atoms with E-state index in [0.29, 0.717) is 34.6 Å². The minimum atomic E-state index is -4.23. The lowest BCUT2D eigenvalue weighted by molar-refractivity contribution is 0.183. The van der Waals surface area contributed by atoms with Crippen molar-refractivity contribution < 1.29 is 21.8 Å². The van der Waals surface area contributed by atoms with Crippen LogP contribution in [0.15, 0.2) is 75.9 Å². The Bertz CT molecular complexity index is 1610. The van der Waals surface area contributed by atoms with Crippen LogP contribution in [0.3, 0.4) is 0 Å². The lowest BCUT2D eigenvalue weighted by Crippen LogP contribution is -2.33. The molecule has 1 saturated heterocycles. The largest absolute Gasteiger partial charge is 0.492 e. The molecule has 0 radical (unpaired) electrons. The first-order valence-corrected chi connectivity index (χ1v) is 14.6. The molecule has 204 valence electrons. The Balaban J connectivity index is 1.44. The molecule has 1 aliphatic heterocycles. The monoisotopic (exact) mass is 568 g/mol. The fourth-order valence-corrected chi connectivity index (χ4v) is 5.40. The molecule has 8 nitrogen and oxygen atoms in total. The number of hydrogen-bond donors (Lipinski definition) is 1. The van der Waals surface area contributed by atoms with E-state index in [4.69, 9.17) is 30.1 Å². The number of halogens is 1. The topological polar surface area (TPSA) is 112 Å². The molecule has 10 heteroatoms. The van der Waals surface area contributed by atoms with Crippen LogP contribution in [-0.2, 0) is 16.7 Å². The van der Waals surface area contributed by atoms with Gasteiger partial charge in [0, 0.05) is 23.0 Å². The van der Waals surface area contributed by atoms with Crippen LogP contribution in [0.25, 0.3) is 22.1 Å². The summed E-state index contributed by atoms with van der Waals surface area (Å²) in [5, 5.41) is 6.19. The highest BCUT2D eigenvalue weighted by Crippen LogP contribution is 2.32. The molecule has 0 spiro atoms. The molecule has 2 N–H and O–H groups in total. The molecule has 0 aliphatic carbocycles. The summed E-state index contributed by atoms with van der Waals surface area (Å²) in [6.07, 6.45) is 4.23. The standard InChI is InChI=1S/C29H29ClN2O6S/c30-22-8-6-21(7-9-22)28-26(25-13-12-24(38-39(31,34)35)19-27(25)37-29(28)33)18-20-4-10-23(11-5-20)36-17-16-32-14-2-1-3-15-32/h4-13,19H,1-3,14-18H2,(H2,31,34,35). The van der Waals surface area contributed by atoms with Crippen LogP contribution < -0.4 is 19.7 Å². The molecule has 4 aromatic rings. The zero-order valence-electron chi connectivity index (χ0n) is 21.3. The van der Waals surface area contributed by atoms with Crippen molar-refractivity contribution in [3.05, 3.63) is 93.3 Å². The maximum Gasteiger partial charge on any atom is 0.380 e. The van der Waals surface area contributed by atoms with Crippen molar-refractivity contribution in [2.75, 3.05) is 26.2 Å². The van der Waals surface area contributed by atoms with Crippen molar-refractivity contribution >= 4 is 32.9 Å². The summed E-state index contributed by atoms with van der Waals surface area (Å²) < 4.78 is 39.1. The number of benzene rings is 3. The van der Waals surface area contributed by atoms with Gasteiger partial charge in [-0.3, -0.25) is 4.90 Å². The first kappa shape index (κ1) is 27.2. The van der Waals surface area contributed by atoms with E-state index in [0.717, 1.165) is 36.5 Å². The smallest absolute Gasteiger partial charge is 0.380 e. The van der Waals surface area contributed by atoms with E-state index in [9.17, 15) is 13.2 Å². The average molecular weight is 569 g/mol. The zero-order valence-corrected chi connectivity index (χ0v) is 22.8. The van der Waals surface area contributed by atoms with Gasteiger partial charge in [-0.2, -0.15) is 13.6 Å². The molecule has 1 aliphatic rings. The van der Waals surface area contributed by atoms with Crippen molar-refractivity contribution in [1.29, 1.82) is 0 Å². The second-order valence-corrected chi connectivity index (χ2v) is 11.1. The van der Waals surface area contributed by atoms with Gasteiger partial charge in [0.2, 0.25) is 0 Å². The molecular formula is C29H29ClN2O6S. The molecule has 0 saturated carbocycles. The summed E-state index contributed by atoms with van der Waals surface area (Å²) >= 11 is 6.08. The second kappa shape index (κ2) is 11.8. The van der Waals surface area contributed by atoms with Crippen LogP contribution in [0.1, 0.15) is 30.4 Å². The number of hydrogen-bond acceptors (Lipinski definition) is 7. The SMILES string of the molecule is NS(=O)(=O)Oc1ccc2c(Cc3ccc(OCCN4CCCCC4)cc3)c(-c3ccc(Cl)cc3)c(=O)oc2c1. The van der Waals surface area contributed by atoms with Gasteiger partial charge in [0.25, 0.3) is 0 Å². The van der Waals surface area contributed by atoms with Gasteiger partial charge in [-0.1, -0.05) is 42.3 Å². The van der Waals surface area contributed by atoms with Crippen LogP contribution in [-0.4, -0.2) is 39.6 Å². The van der Waals surface area contributed by atoms with E-state index in [1.54, 1.807) is 30.3 Å². The highest BCUT2D eigenvalue weighted by molar-refractivity contribution is 7.84. The van der Waals surface area contributed by atoms with E-state index in [1.165, 1.54) is 31.4 Å². The fraction of sp³-hybridized carbons (Fsp3) is 0.276. The van der Waals surface area contributed by atoms with Crippen LogP contribution in [0, 0.1) is 0 Å². The Hall–Kier alpha value is -3.37. The van der Waals surface area contributed by atoms with Crippen LogP contribution in [0.5, 0.6) is 11.5 Å². The molecule has 0 bridgehead atoms. The first-order chi connectivity index (χ1) is 18.7. The number of likely N-dealkylation sites (tertiary alicyclic amines) is 1. The minimum absolute atomic E-state index is 0.0515. The summed E-state index contributed by atoms with van der Waals surface area (Å²) in [5.74, 6) is 0.736. The molecule has 0 atom stereocenters. The highest BCUT2D eigenvalue weighted by Gasteiger charge is 2.19. The fourth-order valence-electron chi connectivity index (χ4n) is 4.91. The Labute approximate surface area is 232 Å². The Kier molecular flexibility index (Phi) is 8.23. The molecule has 5 rings (SSSR count). The maximum absolute atomic E-state index is 13.2. The van der Waals surface area contributed by atoms with E-state index >= 15 is 0 Å². The van der Waals surface area contributed by atoms with Gasteiger partial charge in [-0.25, -0.2) is 4.79 Å². The number of fused-ring (bicyclic) bond motifs is 1. The summed E-state index contributed by atoms with van der Waals surface area (Å²) in [7, 11) is -4.23. The third-order valence-corrected chi connectivity index (χ3v) is 7.44. The first-order valence-electron chi connectivity index (χ1n) is 12.8. The van der Waals surface area contributed by atoms with Crippen LogP contribution in [0.4, 0.5) is 0 Å². The predicted molar refractivity (Wildman–Crippen MR) is 152 cm³/mol. The molecule has 39 heavy (non-hydrogen) atoms. The summed E-state index contributed by atoms with van der Waals surface area (Å²) in [5.41, 5.74) is 2.38. The summed E-state index contributed by atoms with van der Waals surface area (Å²) in [6, 6.07) is 19.2. The molecule has 0 unspecified atom stereocenters.